The van der Waals surface area contributed by atoms with Gasteiger partial charge in [0, 0.05) is 36.4 Å². The average Bonchev–Trinajstić information content (AvgIpc) is 3.31. The molecule has 4 unspecified atom stereocenters. The molecule has 2 aromatic carbocycles. The summed E-state index contributed by atoms with van der Waals surface area (Å²) in [5.74, 6) is -0.760. The highest BCUT2D eigenvalue weighted by molar-refractivity contribution is 7.99. The number of ether oxygens (including phenoxy) is 2. The van der Waals surface area contributed by atoms with Gasteiger partial charge < -0.3 is 29.6 Å². The highest BCUT2D eigenvalue weighted by Gasteiger charge is 2.38. The van der Waals surface area contributed by atoms with E-state index >= 15 is 0 Å². The fourth-order valence-corrected chi connectivity index (χ4v) is 5.13. The fraction of sp³-hybridized carbons (Fsp3) is 0.385. The van der Waals surface area contributed by atoms with Crippen molar-refractivity contribution < 1.29 is 29.3 Å². The third kappa shape index (κ3) is 6.95. The lowest BCUT2D eigenvalue weighted by atomic mass is 9.91. The maximum Gasteiger partial charge on any atom is 0.303 e. The van der Waals surface area contributed by atoms with Crippen LogP contribution in [-0.2, 0) is 32.7 Å². The molecule has 1 amide bonds. The van der Waals surface area contributed by atoms with Crippen LogP contribution in [0.5, 0.6) is 0 Å². The molecule has 1 aliphatic rings. The highest BCUT2D eigenvalue weighted by atomic mass is 32.2. The van der Waals surface area contributed by atoms with Gasteiger partial charge in [-0.05, 0) is 23.3 Å². The Morgan fingerprint density at radius 2 is 1.89 bits per heavy atom. The zero-order valence-corrected chi connectivity index (χ0v) is 21.4. The number of aromatic nitrogens is 3. The van der Waals surface area contributed by atoms with Crippen LogP contribution in [-0.4, -0.2) is 48.7 Å². The number of thioether (sulfide) groups is 1. The van der Waals surface area contributed by atoms with E-state index in [2.05, 4.69) is 22.4 Å². The molecule has 0 saturated carbocycles. The van der Waals surface area contributed by atoms with E-state index < -0.39 is 12.3 Å². The number of hydrogen-bond donors (Lipinski definition) is 3. The van der Waals surface area contributed by atoms with Crippen LogP contribution in [0.3, 0.4) is 0 Å². The van der Waals surface area contributed by atoms with Gasteiger partial charge in [0.25, 0.3) is 0 Å². The summed E-state index contributed by atoms with van der Waals surface area (Å²) in [6, 6.07) is 14.9. The largest absolute Gasteiger partial charge is 0.481 e. The van der Waals surface area contributed by atoms with Crippen molar-refractivity contribution in [1.82, 2.24) is 14.8 Å². The van der Waals surface area contributed by atoms with E-state index in [0.29, 0.717) is 11.4 Å². The summed E-state index contributed by atoms with van der Waals surface area (Å²) in [7, 11) is 1.89. The molecular weight excluding hydrogens is 496 g/mol. The minimum absolute atomic E-state index is 0.0101. The molecule has 37 heavy (non-hydrogen) atoms. The maximum atomic E-state index is 12.1. The molecule has 2 heterocycles. The van der Waals surface area contributed by atoms with Gasteiger partial charge in [-0.25, -0.2) is 0 Å². The molecule has 1 aromatic heterocycles. The van der Waals surface area contributed by atoms with Gasteiger partial charge >= 0.3 is 5.97 Å². The van der Waals surface area contributed by atoms with Crippen molar-refractivity contribution in [3.8, 4) is 0 Å². The van der Waals surface area contributed by atoms with Gasteiger partial charge in [0.05, 0.1) is 25.2 Å². The van der Waals surface area contributed by atoms with Crippen molar-refractivity contribution in [2.24, 2.45) is 13.0 Å². The first-order chi connectivity index (χ1) is 17.8. The van der Waals surface area contributed by atoms with Gasteiger partial charge in [-0.3, -0.25) is 9.59 Å². The second-order valence-corrected chi connectivity index (χ2v) is 9.91. The van der Waals surface area contributed by atoms with Crippen molar-refractivity contribution >= 4 is 29.3 Å². The molecule has 4 rings (SSSR count). The van der Waals surface area contributed by atoms with Crippen LogP contribution >= 0.6 is 11.8 Å². The zero-order valence-electron chi connectivity index (χ0n) is 20.6. The van der Waals surface area contributed by atoms with Gasteiger partial charge in [0.1, 0.15) is 6.33 Å². The number of carboxylic acid groups (broad SMARTS) is 1. The molecule has 3 aromatic rings. The Hall–Kier alpha value is -3.25. The van der Waals surface area contributed by atoms with Crippen molar-refractivity contribution in [2.45, 2.75) is 50.0 Å². The number of benzene rings is 2. The molecular formula is C26H30N4O6S. The van der Waals surface area contributed by atoms with Crippen molar-refractivity contribution in [3.63, 3.8) is 0 Å². The summed E-state index contributed by atoms with van der Waals surface area (Å²) < 4.78 is 14.7. The second kappa shape index (κ2) is 12.3. The highest BCUT2D eigenvalue weighted by Crippen LogP contribution is 2.43. The number of nitrogens with one attached hydrogen (secondary N) is 1. The Morgan fingerprint density at radius 1 is 1.11 bits per heavy atom. The number of aliphatic hydroxyl groups excluding tert-OH is 1. The zero-order chi connectivity index (χ0) is 26.4. The number of nitrogens with zero attached hydrogens (tertiary/aromatic N) is 3. The number of carboxylic acids is 1. The molecule has 10 nitrogen and oxygen atoms in total. The topological polar surface area (TPSA) is 136 Å². The molecule has 4 atom stereocenters. The normalized spacial score (nSPS) is 21.5. The smallest absolute Gasteiger partial charge is 0.303 e. The minimum Gasteiger partial charge on any atom is -0.481 e. The SMILES string of the molecule is CC1C(CSc2nncn2C)OC(c2cccc(NC(=O)CCC(=O)O)c2)OC1c1ccc(CO)cc1. The average molecular weight is 527 g/mol. The first kappa shape index (κ1) is 26.8. The number of hydrogen-bond acceptors (Lipinski definition) is 8. The number of amides is 1. The predicted molar refractivity (Wildman–Crippen MR) is 137 cm³/mol. The lowest BCUT2D eigenvalue weighted by molar-refractivity contribution is -0.268. The lowest BCUT2D eigenvalue weighted by Crippen LogP contribution is -2.38. The van der Waals surface area contributed by atoms with E-state index in [0.717, 1.165) is 21.8 Å². The summed E-state index contributed by atoms with van der Waals surface area (Å²) in [6.45, 7) is 2.05. The summed E-state index contributed by atoms with van der Waals surface area (Å²) in [4.78, 5) is 22.9. The summed E-state index contributed by atoms with van der Waals surface area (Å²) >= 11 is 1.55. The molecule has 0 radical (unpaired) electrons. The van der Waals surface area contributed by atoms with Gasteiger partial charge in [0.15, 0.2) is 11.4 Å². The minimum atomic E-state index is -1.02. The first-order valence-corrected chi connectivity index (χ1v) is 12.9. The fourth-order valence-electron chi connectivity index (χ4n) is 4.08. The molecule has 1 fully saturated rings. The van der Waals surface area contributed by atoms with E-state index in [-0.39, 0.29) is 43.5 Å². The van der Waals surface area contributed by atoms with Crippen LogP contribution in [0.4, 0.5) is 5.69 Å². The number of carbonyl (C=O) groups excluding carboxylic acids is 1. The van der Waals surface area contributed by atoms with Gasteiger partial charge in [-0.15, -0.1) is 10.2 Å². The first-order valence-electron chi connectivity index (χ1n) is 11.9. The van der Waals surface area contributed by atoms with Crippen LogP contribution in [0.2, 0.25) is 0 Å². The Kier molecular flexibility index (Phi) is 8.93. The number of anilines is 1. The Labute approximate surface area is 219 Å². The van der Waals surface area contributed by atoms with E-state index in [4.69, 9.17) is 14.6 Å². The Morgan fingerprint density at radius 3 is 2.57 bits per heavy atom. The Bertz CT molecular complexity index is 1220. The third-order valence-electron chi connectivity index (χ3n) is 6.18. The van der Waals surface area contributed by atoms with Gasteiger partial charge in [0.2, 0.25) is 5.91 Å². The van der Waals surface area contributed by atoms with Crippen LogP contribution in [0, 0.1) is 5.92 Å². The van der Waals surface area contributed by atoms with Crippen molar-refractivity contribution in [2.75, 3.05) is 11.1 Å². The maximum absolute atomic E-state index is 12.1. The molecule has 1 aliphatic heterocycles. The van der Waals surface area contributed by atoms with Crippen LogP contribution in [0.1, 0.15) is 48.8 Å². The van der Waals surface area contributed by atoms with E-state index in [1.807, 2.05) is 41.9 Å². The third-order valence-corrected chi connectivity index (χ3v) is 7.30. The quantitative estimate of drug-likeness (QED) is 0.338. The Balaban J connectivity index is 1.55. The standard InChI is InChI=1S/C26H30N4O6S/c1-16-21(14-37-26-29-27-15-30(26)2)35-25(36-24(16)18-8-6-17(13-31)7-9-18)19-4-3-5-20(12-19)28-22(32)10-11-23(33)34/h3-9,12,15-16,21,24-25,31H,10-11,13-14H2,1-2H3,(H,28,32)(H,33,34). The predicted octanol–water partition coefficient (Wildman–Crippen LogP) is 3.69. The summed E-state index contributed by atoms with van der Waals surface area (Å²) in [6.07, 6.45) is 0.156. The molecule has 0 aliphatic carbocycles. The van der Waals surface area contributed by atoms with Crippen molar-refractivity contribution in [1.29, 1.82) is 0 Å². The molecule has 0 bridgehead atoms. The second-order valence-electron chi connectivity index (χ2n) is 8.92. The van der Waals surface area contributed by atoms with Crippen LogP contribution < -0.4 is 5.32 Å². The van der Waals surface area contributed by atoms with Crippen LogP contribution in [0.25, 0.3) is 0 Å². The molecule has 0 spiro atoms. The number of rotatable bonds is 10. The molecule has 11 heteroatoms. The van der Waals surface area contributed by atoms with Crippen molar-refractivity contribution in [3.05, 3.63) is 71.5 Å². The van der Waals surface area contributed by atoms with E-state index in [9.17, 15) is 14.7 Å². The summed E-state index contributed by atoms with van der Waals surface area (Å²) in [5, 5.41) is 29.9. The number of aliphatic carboxylic acids is 1. The number of aliphatic hydroxyl groups is 1. The molecule has 1 saturated heterocycles. The molecule has 196 valence electrons. The summed E-state index contributed by atoms with van der Waals surface area (Å²) in [5.41, 5.74) is 3.06. The monoisotopic (exact) mass is 526 g/mol. The number of aryl methyl sites for hydroxylation is 1. The molecule has 3 N–H and O–H groups in total. The van der Waals surface area contributed by atoms with Crippen LogP contribution in [0.15, 0.2) is 60.0 Å². The van der Waals surface area contributed by atoms with E-state index in [1.54, 1.807) is 36.3 Å². The number of carbonyl (C=O) groups is 2. The lowest BCUT2D eigenvalue weighted by Gasteiger charge is -2.41. The van der Waals surface area contributed by atoms with Gasteiger partial charge in [-0.2, -0.15) is 0 Å². The van der Waals surface area contributed by atoms with Gasteiger partial charge in [-0.1, -0.05) is 55.1 Å². The van der Waals surface area contributed by atoms with E-state index in [1.165, 1.54) is 0 Å².